The Balaban J connectivity index is 1.97. The Morgan fingerprint density at radius 1 is 1.18 bits per heavy atom. The molecular weight excluding hydrogens is 288 g/mol. The fourth-order valence-corrected chi connectivity index (χ4v) is 2.48. The first-order valence-corrected chi connectivity index (χ1v) is 7.87. The van der Waals surface area contributed by atoms with Crippen LogP contribution in [0.4, 0.5) is 4.79 Å². The van der Waals surface area contributed by atoms with Gasteiger partial charge in [0, 0.05) is 26.1 Å². The minimum Gasteiger partial charge on any atom is -0.481 e. The van der Waals surface area contributed by atoms with Crippen LogP contribution in [0.5, 0.6) is 0 Å². The molecule has 1 aliphatic rings. The Morgan fingerprint density at radius 2 is 1.86 bits per heavy atom. The van der Waals surface area contributed by atoms with E-state index in [1.165, 1.54) is 7.11 Å². The Kier molecular flexibility index (Phi) is 8.32. The van der Waals surface area contributed by atoms with Gasteiger partial charge in [0.05, 0.1) is 13.0 Å². The molecule has 1 atom stereocenters. The predicted octanol–water partition coefficient (Wildman–Crippen LogP) is 1.62. The van der Waals surface area contributed by atoms with Crippen LogP contribution in [0.15, 0.2) is 0 Å². The highest BCUT2D eigenvalue weighted by Crippen LogP contribution is 2.16. The van der Waals surface area contributed by atoms with Crippen molar-refractivity contribution in [3.63, 3.8) is 0 Å². The van der Waals surface area contributed by atoms with Gasteiger partial charge < -0.3 is 20.1 Å². The maximum Gasteiger partial charge on any atom is 0.317 e. The molecule has 7 nitrogen and oxygen atoms in total. The van der Waals surface area contributed by atoms with E-state index in [4.69, 9.17) is 5.11 Å². The highest BCUT2D eigenvalue weighted by Gasteiger charge is 2.30. The van der Waals surface area contributed by atoms with Gasteiger partial charge in [-0.2, -0.15) is 0 Å². The van der Waals surface area contributed by atoms with Crippen LogP contribution in [0.2, 0.25) is 0 Å². The largest absolute Gasteiger partial charge is 0.481 e. The molecule has 0 aromatic heterocycles. The molecule has 0 radical (unpaired) electrons. The van der Waals surface area contributed by atoms with Crippen molar-refractivity contribution in [2.24, 2.45) is 5.92 Å². The number of carboxylic acid groups (broad SMARTS) is 1. The smallest absolute Gasteiger partial charge is 0.317 e. The molecule has 1 rings (SSSR count). The van der Waals surface area contributed by atoms with Gasteiger partial charge in [-0.3, -0.25) is 9.59 Å². The molecular formula is C15H26N2O5. The fraction of sp³-hybridized carbons (Fsp3) is 0.800. The Morgan fingerprint density at radius 3 is 2.50 bits per heavy atom. The number of nitrogens with zero attached hydrogens (tertiary/aromatic N) is 1. The second kappa shape index (κ2) is 10.0. The predicted molar refractivity (Wildman–Crippen MR) is 80.4 cm³/mol. The topological polar surface area (TPSA) is 95.9 Å². The molecule has 0 bridgehead atoms. The van der Waals surface area contributed by atoms with E-state index in [1.54, 1.807) is 4.90 Å². The van der Waals surface area contributed by atoms with Gasteiger partial charge in [-0.05, 0) is 19.3 Å². The molecule has 1 fully saturated rings. The van der Waals surface area contributed by atoms with Crippen LogP contribution in [0.25, 0.3) is 0 Å². The van der Waals surface area contributed by atoms with Gasteiger partial charge in [0.15, 0.2) is 0 Å². The second-order valence-electron chi connectivity index (χ2n) is 5.60. The van der Waals surface area contributed by atoms with Crippen LogP contribution in [-0.2, 0) is 14.3 Å². The van der Waals surface area contributed by atoms with Crippen molar-refractivity contribution in [2.45, 2.75) is 44.9 Å². The van der Waals surface area contributed by atoms with Crippen molar-refractivity contribution in [2.75, 3.05) is 26.7 Å². The van der Waals surface area contributed by atoms with Gasteiger partial charge >= 0.3 is 18.0 Å². The van der Waals surface area contributed by atoms with Crippen molar-refractivity contribution in [1.82, 2.24) is 10.2 Å². The fourth-order valence-electron chi connectivity index (χ4n) is 2.48. The number of likely N-dealkylation sites (tertiary alicyclic amines) is 1. The number of methoxy groups -OCH3 is 1. The summed E-state index contributed by atoms with van der Waals surface area (Å²) in [4.78, 5) is 35.1. The molecule has 22 heavy (non-hydrogen) atoms. The number of urea groups is 1. The van der Waals surface area contributed by atoms with Gasteiger partial charge in [-0.15, -0.1) is 0 Å². The molecule has 0 spiro atoms. The van der Waals surface area contributed by atoms with E-state index in [1.807, 2.05) is 0 Å². The summed E-state index contributed by atoms with van der Waals surface area (Å²) in [7, 11) is 1.39. The zero-order chi connectivity index (χ0) is 16.4. The molecule has 2 amide bonds. The summed E-state index contributed by atoms with van der Waals surface area (Å²) in [6, 6.07) is -0.172. The number of carbonyl (C=O) groups is 3. The van der Waals surface area contributed by atoms with Crippen molar-refractivity contribution in [3.8, 4) is 0 Å². The van der Waals surface area contributed by atoms with Gasteiger partial charge in [0.2, 0.25) is 0 Å². The van der Waals surface area contributed by atoms with Crippen LogP contribution in [-0.4, -0.2) is 54.7 Å². The summed E-state index contributed by atoms with van der Waals surface area (Å²) < 4.78 is 4.56. The van der Waals surface area contributed by atoms with Crippen LogP contribution >= 0.6 is 0 Å². The van der Waals surface area contributed by atoms with Gasteiger partial charge in [0.25, 0.3) is 0 Å². The van der Waals surface area contributed by atoms with Gasteiger partial charge in [0.1, 0.15) is 0 Å². The van der Waals surface area contributed by atoms with E-state index in [0.29, 0.717) is 32.5 Å². The van der Waals surface area contributed by atoms with E-state index in [9.17, 15) is 14.4 Å². The first kappa shape index (κ1) is 18.3. The highest BCUT2D eigenvalue weighted by atomic mass is 16.5. The number of amides is 2. The lowest BCUT2D eigenvalue weighted by Gasteiger charge is -2.16. The molecule has 1 aliphatic heterocycles. The maximum atomic E-state index is 11.8. The number of esters is 1. The molecule has 2 N–H and O–H groups in total. The second-order valence-corrected chi connectivity index (χ2v) is 5.60. The van der Waals surface area contributed by atoms with Gasteiger partial charge in [-0.1, -0.05) is 19.3 Å². The van der Waals surface area contributed by atoms with Crippen LogP contribution in [0.3, 0.4) is 0 Å². The van der Waals surface area contributed by atoms with Crippen LogP contribution in [0, 0.1) is 5.92 Å². The third-order valence-electron chi connectivity index (χ3n) is 3.89. The molecule has 0 aromatic carbocycles. The average Bonchev–Trinajstić information content (AvgIpc) is 2.99. The lowest BCUT2D eigenvalue weighted by molar-refractivity contribution is -0.141. The lowest BCUT2D eigenvalue weighted by Crippen LogP contribution is -2.39. The van der Waals surface area contributed by atoms with E-state index in [2.05, 4.69) is 10.1 Å². The number of hydrogen-bond donors (Lipinski definition) is 2. The number of nitrogens with one attached hydrogen (secondary N) is 1. The summed E-state index contributed by atoms with van der Waals surface area (Å²) in [6.07, 6.45) is 5.73. The molecule has 126 valence electrons. The summed E-state index contributed by atoms with van der Waals surface area (Å²) >= 11 is 0. The normalized spacial score (nSPS) is 17.3. The highest BCUT2D eigenvalue weighted by molar-refractivity contribution is 5.77. The number of unbranched alkanes of at least 4 members (excludes halogenated alkanes) is 4. The molecule has 1 unspecified atom stereocenters. The first-order chi connectivity index (χ1) is 10.5. The number of hydrogen-bond acceptors (Lipinski definition) is 4. The zero-order valence-corrected chi connectivity index (χ0v) is 13.2. The van der Waals surface area contributed by atoms with Crippen molar-refractivity contribution in [1.29, 1.82) is 0 Å². The van der Waals surface area contributed by atoms with E-state index < -0.39 is 11.9 Å². The Hall–Kier alpha value is -1.79. The lowest BCUT2D eigenvalue weighted by atomic mass is 10.1. The molecule has 0 saturated carbocycles. The third kappa shape index (κ3) is 6.78. The van der Waals surface area contributed by atoms with E-state index in [-0.39, 0.29) is 12.0 Å². The third-order valence-corrected chi connectivity index (χ3v) is 3.89. The van der Waals surface area contributed by atoms with Gasteiger partial charge in [-0.25, -0.2) is 4.79 Å². The maximum absolute atomic E-state index is 11.8. The monoisotopic (exact) mass is 314 g/mol. The SMILES string of the molecule is COC(=O)CCCCCCCNC(=O)N1CCC(C(=O)O)C1. The number of carbonyl (C=O) groups excluding carboxylic acids is 2. The first-order valence-electron chi connectivity index (χ1n) is 7.87. The van der Waals surface area contributed by atoms with Crippen LogP contribution < -0.4 is 5.32 Å². The number of rotatable bonds is 9. The summed E-state index contributed by atoms with van der Waals surface area (Å²) in [6.45, 7) is 1.41. The van der Waals surface area contributed by atoms with Crippen molar-refractivity contribution < 1.29 is 24.2 Å². The summed E-state index contributed by atoms with van der Waals surface area (Å²) in [5.74, 6) is -1.43. The van der Waals surface area contributed by atoms with Crippen molar-refractivity contribution >= 4 is 18.0 Å². The quantitative estimate of drug-likeness (QED) is 0.498. The Labute approximate surface area is 131 Å². The number of aliphatic carboxylic acids is 1. The molecule has 1 heterocycles. The number of ether oxygens (including phenoxy) is 1. The van der Waals surface area contributed by atoms with Crippen molar-refractivity contribution in [3.05, 3.63) is 0 Å². The molecule has 1 saturated heterocycles. The molecule has 0 aromatic rings. The molecule has 7 heteroatoms. The van der Waals surface area contributed by atoms with E-state index >= 15 is 0 Å². The standard InChI is InChI=1S/C15H26N2O5/c1-22-13(18)7-5-3-2-4-6-9-16-15(21)17-10-8-12(11-17)14(19)20/h12H,2-11H2,1H3,(H,16,21)(H,19,20). The van der Waals surface area contributed by atoms with E-state index in [0.717, 1.165) is 32.1 Å². The molecule has 0 aliphatic carbocycles. The number of carboxylic acids is 1. The summed E-state index contributed by atoms with van der Waals surface area (Å²) in [5, 5.41) is 11.7. The van der Waals surface area contributed by atoms with Crippen LogP contribution in [0.1, 0.15) is 44.9 Å². The zero-order valence-electron chi connectivity index (χ0n) is 13.2. The Bertz CT molecular complexity index is 386. The average molecular weight is 314 g/mol. The minimum absolute atomic E-state index is 0.169. The minimum atomic E-state index is -0.831. The summed E-state index contributed by atoms with van der Waals surface area (Å²) in [5.41, 5.74) is 0.